The molecule has 0 rings (SSSR count). The Hall–Kier alpha value is -11.1. The molecule has 0 bridgehead atoms. The molecule has 0 heterocycles. The van der Waals surface area contributed by atoms with Crippen LogP contribution in [0.5, 0.6) is 0 Å². The Balaban J connectivity index is 6.62. The van der Waals surface area contributed by atoms with Crippen LogP contribution in [0.2, 0.25) is 0 Å². The highest BCUT2D eigenvalue weighted by molar-refractivity contribution is 7.98. The predicted octanol–water partition coefficient (Wildman–Crippen LogP) is -9.55. The number of aliphatic carboxylic acids is 4. The number of nitrogens with one attached hydrogen (secondary N) is 14. The number of nitrogens with zero attached hydrogens (tertiary/aromatic N) is 3. The highest BCUT2D eigenvalue weighted by Gasteiger charge is 2.36. The maximum absolute atomic E-state index is 14.1. The predicted molar refractivity (Wildman–Crippen MR) is 409 cm³/mol. The molecule has 0 radical (unpaired) electrons. The van der Waals surface area contributed by atoms with Gasteiger partial charge in [0, 0.05) is 32.5 Å². The summed E-state index contributed by atoms with van der Waals surface area (Å²) in [5.74, 6) is -20.4. The number of hydrogen-bond acceptors (Lipinski definition) is 24. The second kappa shape index (κ2) is 54.5. The van der Waals surface area contributed by atoms with E-state index in [1.165, 1.54) is 37.4 Å². The van der Waals surface area contributed by atoms with Crippen LogP contribution in [0, 0.1) is 5.92 Å². The molecule has 48 heteroatoms. The third-order valence-electron chi connectivity index (χ3n) is 15.8. The number of guanidine groups is 3. The van der Waals surface area contributed by atoms with Crippen LogP contribution in [0.3, 0.4) is 0 Å². The number of carbonyl (C=O) groups excluding carboxylic acids is 14. The molecule has 0 spiro atoms. The zero-order valence-electron chi connectivity index (χ0n) is 63.8. The van der Waals surface area contributed by atoms with E-state index in [9.17, 15) is 107 Å². The van der Waals surface area contributed by atoms with Crippen LogP contribution >= 0.6 is 23.5 Å². The van der Waals surface area contributed by atoms with Crippen LogP contribution < -0.4 is 115 Å². The molecule has 632 valence electrons. The Morgan fingerprint density at radius 3 is 0.946 bits per heavy atom. The molecule has 0 unspecified atom stereocenters. The van der Waals surface area contributed by atoms with E-state index >= 15 is 0 Å². The SMILES string of the molecule is CSCC[C@H](NC(=O)CN)C(=O)N[C@@H](CCC(=O)O)C(=O)N[C@@H](C)C(=O)N[C@@H](CCCN=C(N)N)C(=O)N[C@@H](C)C(=O)N[C@@H](CCSC)C(=O)N[C@@H](CCC(=O)O)C(=O)N[C@@H](C)C(=O)N[C@@H](CCCN=C(N)N)C(=O)NCC(=O)N[C@@H](CC(C)C)C(=O)N[C@@H](CC(=O)O)C(=O)N[C@@H](C)C(=O)N[C@@H](CCCN=C(N)N)C(=O)O. The van der Waals surface area contributed by atoms with Crippen molar-refractivity contribution in [1.29, 1.82) is 0 Å². The molecule has 112 heavy (non-hydrogen) atoms. The molecule has 13 atom stereocenters. The molecule has 0 aromatic carbocycles. The van der Waals surface area contributed by atoms with Crippen molar-refractivity contribution < 1.29 is 107 Å². The second-order valence-corrected chi connectivity index (χ2v) is 27.8. The summed E-state index contributed by atoms with van der Waals surface area (Å²) in [6, 6.07) is -19.8. The van der Waals surface area contributed by atoms with Gasteiger partial charge in [0.05, 0.1) is 19.5 Å². The van der Waals surface area contributed by atoms with Gasteiger partial charge >= 0.3 is 23.9 Å². The van der Waals surface area contributed by atoms with E-state index < -0.39 is 230 Å². The smallest absolute Gasteiger partial charge is 0.326 e. The third kappa shape index (κ3) is 43.9. The van der Waals surface area contributed by atoms with Gasteiger partial charge in [0.1, 0.15) is 78.5 Å². The maximum atomic E-state index is 14.1. The van der Waals surface area contributed by atoms with Crippen LogP contribution in [-0.2, 0) is 86.3 Å². The van der Waals surface area contributed by atoms with Gasteiger partial charge in [-0.25, -0.2) is 4.79 Å². The van der Waals surface area contributed by atoms with E-state index in [1.807, 2.05) is 0 Å². The van der Waals surface area contributed by atoms with Crippen LogP contribution in [0.25, 0.3) is 0 Å². The van der Waals surface area contributed by atoms with Gasteiger partial charge in [0.2, 0.25) is 82.7 Å². The maximum Gasteiger partial charge on any atom is 0.326 e. The van der Waals surface area contributed by atoms with Crippen LogP contribution in [0.1, 0.15) is 131 Å². The van der Waals surface area contributed by atoms with Gasteiger partial charge in [-0.05, 0) is 128 Å². The normalized spacial score (nSPS) is 14.3. The molecule has 0 aliphatic rings. The van der Waals surface area contributed by atoms with Crippen molar-refractivity contribution >= 4 is 148 Å². The number of aliphatic imine (C=N–C) groups is 3. The fraction of sp³-hybridized carbons (Fsp3) is 0.672. The van der Waals surface area contributed by atoms with E-state index in [0.29, 0.717) is 5.75 Å². The van der Waals surface area contributed by atoms with Gasteiger partial charge in [-0.2, -0.15) is 23.5 Å². The largest absolute Gasteiger partial charge is 0.481 e. The van der Waals surface area contributed by atoms with Crippen LogP contribution in [0.4, 0.5) is 0 Å². The van der Waals surface area contributed by atoms with E-state index in [4.69, 9.17) is 40.1 Å². The van der Waals surface area contributed by atoms with Gasteiger partial charge in [0.15, 0.2) is 17.9 Å². The van der Waals surface area contributed by atoms with Crippen molar-refractivity contribution in [3.05, 3.63) is 0 Å². The number of thioether (sulfide) groups is 2. The van der Waals surface area contributed by atoms with Crippen molar-refractivity contribution in [1.82, 2.24) is 74.4 Å². The molecule has 0 saturated heterocycles. The number of rotatable bonds is 57. The fourth-order valence-corrected chi connectivity index (χ4v) is 10.7. The summed E-state index contributed by atoms with van der Waals surface area (Å²) < 4.78 is 0. The van der Waals surface area contributed by atoms with Gasteiger partial charge < -0.3 is 135 Å². The van der Waals surface area contributed by atoms with Gasteiger partial charge in [0.25, 0.3) is 0 Å². The lowest BCUT2D eigenvalue weighted by Gasteiger charge is -2.27. The lowest BCUT2D eigenvalue weighted by Crippen LogP contribution is -2.60. The molecule has 0 aliphatic carbocycles. The van der Waals surface area contributed by atoms with Crippen LogP contribution in [-0.4, -0.2) is 280 Å². The molecule has 0 aromatic heterocycles. The summed E-state index contributed by atoms with van der Waals surface area (Å²) in [5.41, 5.74) is 37.8. The lowest BCUT2D eigenvalue weighted by atomic mass is 10.0. The average Bonchev–Trinajstić information content (AvgIpc) is 0.870. The fourth-order valence-electron chi connectivity index (χ4n) is 9.79. The molecule has 0 saturated carbocycles. The van der Waals surface area contributed by atoms with E-state index in [1.54, 1.807) is 26.4 Å². The van der Waals surface area contributed by atoms with E-state index in [0.717, 1.165) is 13.8 Å². The van der Waals surface area contributed by atoms with E-state index in [-0.39, 0.29) is 107 Å². The summed E-state index contributed by atoms with van der Waals surface area (Å²) in [6.45, 7) is 6.62. The van der Waals surface area contributed by atoms with Crippen molar-refractivity contribution in [2.45, 2.75) is 210 Å². The molecule has 0 fully saturated rings. The van der Waals surface area contributed by atoms with Gasteiger partial charge in [-0.3, -0.25) is 96.5 Å². The van der Waals surface area contributed by atoms with Crippen molar-refractivity contribution in [3.8, 4) is 0 Å². The lowest BCUT2D eigenvalue weighted by molar-refractivity contribution is -0.143. The number of nitrogens with two attached hydrogens (primary N) is 7. The van der Waals surface area contributed by atoms with Gasteiger partial charge in [-0.1, -0.05) is 13.8 Å². The Morgan fingerprint density at radius 2 is 0.616 bits per heavy atom. The molecular weight excluding hydrogens is 1520 g/mol. The Morgan fingerprint density at radius 1 is 0.330 bits per heavy atom. The summed E-state index contributed by atoms with van der Waals surface area (Å²) in [5, 5.41) is 71.6. The zero-order valence-corrected chi connectivity index (χ0v) is 65.4. The quantitative estimate of drug-likeness (QED) is 0.0153. The minimum absolute atomic E-state index is 0.0123. The first-order chi connectivity index (χ1) is 52.5. The zero-order chi connectivity index (χ0) is 85.5. The molecule has 32 N–H and O–H groups in total. The summed E-state index contributed by atoms with van der Waals surface area (Å²) >= 11 is 2.58. The first kappa shape index (κ1) is 101. The Bertz CT molecular complexity index is 3320. The standard InChI is InChI=1S/C64H112N24O22S2/c1-30(2)26-42(60(108)88-43(27-48(95)96)59(107)79-34(6)52(100)87-41(61(109)110)14-11-23-74-64(70)71)81-45(90)29-75-53(101)35(12-9-21-72-62(66)67)82-49(97)31(3)77-56(104)38(16-18-47(93)94)86-58(106)40(20-25-112-8)84-51(99)33(5)76-54(102)36(13-10-22-73-63(68)69)83-50(98)32(4)78-55(103)37(15-17-46(91)92)85-57(105)39(19-24-111-7)80-44(89)28-65/h30-43H,9-29,65H2,1-8H3,(H,75,101)(H,76,102)(H,77,104)(H,78,103)(H,79,107)(H,80,89)(H,81,90)(H,82,97)(H,83,98)(H,84,99)(H,85,105)(H,86,106)(H,87,100)(H,88,108)(H,91,92)(H,93,94)(H,95,96)(H,109,110)(H4,66,67,72)(H4,68,69,73)(H4,70,71,74)/t31-,32-,33-,34-,35-,36-,37-,38-,39-,40-,41-,42-,43-/m0/s1. The minimum Gasteiger partial charge on any atom is -0.481 e. The molecule has 0 aliphatic heterocycles. The van der Waals surface area contributed by atoms with Crippen molar-refractivity contribution in [2.24, 2.45) is 61.0 Å². The van der Waals surface area contributed by atoms with E-state index in [2.05, 4.69) is 89.4 Å². The Kier molecular flexibility index (Phi) is 49.1. The van der Waals surface area contributed by atoms with Crippen molar-refractivity contribution in [3.63, 3.8) is 0 Å². The summed E-state index contributed by atoms with van der Waals surface area (Å²) in [6.07, 6.45) is -0.514. The number of amides is 14. The second-order valence-electron chi connectivity index (χ2n) is 25.9. The van der Waals surface area contributed by atoms with Crippen LogP contribution in [0.15, 0.2) is 15.0 Å². The first-order valence-corrected chi connectivity index (χ1v) is 38.2. The number of carboxylic acid groups (broad SMARTS) is 4. The summed E-state index contributed by atoms with van der Waals surface area (Å²) in [4.78, 5) is 249. The molecule has 14 amide bonds. The highest BCUT2D eigenvalue weighted by Crippen LogP contribution is 2.12. The average molecular weight is 1630 g/mol. The third-order valence-corrected chi connectivity index (χ3v) is 17.1. The van der Waals surface area contributed by atoms with Gasteiger partial charge in [-0.15, -0.1) is 0 Å². The molecular formula is C64H112N24O22S2. The number of hydrogen-bond donors (Lipinski definition) is 25. The molecule has 46 nitrogen and oxygen atoms in total. The molecule has 0 aromatic rings. The number of carbonyl (C=O) groups is 18. The first-order valence-electron chi connectivity index (χ1n) is 35.4. The monoisotopic (exact) mass is 1630 g/mol. The summed E-state index contributed by atoms with van der Waals surface area (Å²) in [7, 11) is 0. The number of carboxylic acids is 4. The minimum atomic E-state index is -1.86. The highest BCUT2D eigenvalue weighted by atomic mass is 32.2. The Labute approximate surface area is 654 Å². The van der Waals surface area contributed by atoms with Crippen molar-refractivity contribution in [2.75, 3.05) is 56.7 Å². The topological polar surface area (TPSA) is 776 Å².